The van der Waals surface area contributed by atoms with Crippen LogP contribution in [-0.4, -0.2) is 30.0 Å². The maximum Gasteiger partial charge on any atom is 0.277 e. The molecule has 104 valence electrons. The Morgan fingerprint density at radius 1 is 1.21 bits per heavy atom. The monoisotopic (exact) mass is 302 g/mol. The molecule has 0 radical (unpaired) electrons. The van der Waals surface area contributed by atoms with Gasteiger partial charge in [-0.25, -0.2) is 5.43 Å². The number of hydrogen-bond donors (Lipinski definition) is 1. The van der Waals surface area contributed by atoms with Gasteiger partial charge in [0.15, 0.2) is 6.61 Å². The lowest BCUT2D eigenvalue weighted by Crippen LogP contribution is -2.26. The largest absolute Gasteiger partial charge is 0.484 e. The molecule has 0 aromatic heterocycles. The van der Waals surface area contributed by atoms with Crippen LogP contribution in [0.2, 0.25) is 0 Å². The number of carbonyl (C=O) groups is 1. The SMILES string of the molecule is Cc1cc(C)cc(OCC(=O)NN=C(CCl)CCl)c1. The third-order valence-electron chi connectivity index (χ3n) is 2.21. The highest BCUT2D eigenvalue weighted by Crippen LogP contribution is 2.15. The van der Waals surface area contributed by atoms with Gasteiger partial charge < -0.3 is 4.74 Å². The van der Waals surface area contributed by atoms with E-state index in [1.54, 1.807) is 0 Å². The summed E-state index contributed by atoms with van der Waals surface area (Å²) in [6.45, 7) is 3.83. The van der Waals surface area contributed by atoms with Crippen molar-refractivity contribution in [1.29, 1.82) is 0 Å². The molecule has 19 heavy (non-hydrogen) atoms. The molecule has 0 atom stereocenters. The molecule has 0 aliphatic heterocycles. The Morgan fingerprint density at radius 3 is 2.32 bits per heavy atom. The number of amides is 1. The fourth-order valence-corrected chi connectivity index (χ4v) is 1.84. The summed E-state index contributed by atoms with van der Waals surface area (Å²) >= 11 is 11.1. The third-order valence-corrected chi connectivity index (χ3v) is 2.83. The van der Waals surface area contributed by atoms with Gasteiger partial charge in [-0.1, -0.05) is 6.07 Å². The molecule has 0 aliphatic rings. The molecule has 1 aromatic carbocycles. The summed E-state index contributed by atoms with van der Waals surface area (Å²) in [5.74, 6) is 0.669. The quantitative estimate of drug-likeness (QED) is 0.499. The Kier molecular flexibility index (Phi) is 6.67. The van der Waals surface area contributed by atoms with E-state index in [2.05, 4.69) is 10.5 Å². The van der Waals surface area contributed by atoms with Gasteiger partial charge in [-0.15, -0.1) is 23.2 Å². The number of carbonyl (C=O) groups excluding carboxylic acids is 1. The number of nitrogens with one attached hydrogen (secondary N) is 1. The Bertz CT molecular complexity index is 449. The standard InChI is InChI=1S/C13H16Cl2N2O2/c1-9-3-10(2)5-12(4-9)19-8-13(18)17-16-11(6-14)7-15/h3-5H,6-8H2,1-2H3,(H,17,18). The van der Waals surface area contributed by atoms with Crippen LogP contribution in [0, 0.1) is 13.8 Å². The summed E-state index contributed by atoms with van der Waals surface area (Å²) in [7, 11) is 0. The number of hydrogen-bond acceptors (Lipinski definition) is 3. The number of benzene rings is 1. The average molecular weight is 303 g/mol. The van der Waals surface area contributed by atoms with Gasteiger partial charge in [0.2, 0.25) is 0 Å². The Labute approximate surface area is 122 Å². The van der Waals surface area contributed by atoms with Crippen LogP contribution in [0.1, 0.15) is 11.1 Å². The zero-order valence-corrected chi connectivity index (χ0v) is 12.4. The predicted octanol–water partition coefficient (Wildman–Crippen LogP) is 2.63. The van der Waals surface area contributed by atoms with Crippen LogP contribution >= 0.6 is 23.2 Å². The van der Waals surface area contributed by atoms with Crippen LogP contribution in [0.4, 0.5) is 0 Å². The first-order chi connectivity index (χ1) is 9.05. The van der Waals surface area contributed by atoms with Crippen molar-refractivity contribution < 1.29 is 9.53 Å². The second-order valence-corrected chi connectivity index (χ2v) is 4.63. The number of alkyl halides is 2. The molecule has 0 aliphatic carbocycles. The topological polar surface area (TPSA) is 50.7 Å². The number of ether oxygens (including phenoxy) is 1. The number of nitrogens with zero attached hydrogens (tertiary/aromatic N) is 1. The van der Waals surface area contributed by atoms with Crippen LogP contribution in [0.15, 0.2) is 23.3 Å². The molecule has 1 N–H and O–H groups in total. The van der Waals surface area contributed by atoms with Gasteiger partial charge >= 0.3 is 0 Å². The van der Waals surface area contributed by atoms with Crippen LogP contribution in [-0.2, 0) is 4.79 Å². The highest BCUT2D eigenvalue weighted by Gasteiger charge is 2.03. The molecule has 0 spiro atoms. The maximum absolute atomic E-state index is 11.5. The van der Waals surface area contributed by atoms with Crippen molar-refractivity contribution in [1.82, 2.24) is 5.43 Å². The zero-order chi connectivity index (χ0) is 14.3. The Balaban J connectivity index is 2.48. The van der Waals surface area contributed by atoms with E-state index in [1.807, 2.05) is 32.0 Å². The first kappa shape index (κ1) is 15.8. The maximum atomic E-state index is 11.5. The first-order valence-corrected chi connectivity index (χ1v) is 6.79. The van der Waals surface area contributed by atoms with E-state index in [4.69, 9.17) is 27.9 Å². The lowest BCUT2D eigenvalue weighted by molar-refractivity contribution is -0.123. The normalized spacial score (nSPS) is 9.89. The van der Waals surface area contributed by atoms with E-state index in [1.165, 1.54) is 0 Å². The molecule has 0 bridgehead atoms. The molecule has 0 saturated heterocycles. The highest BCUT2D eigenvalue weighted by molar-refractivity contribution is 6.37. The van der Waals surface area contributed by atoms with Crippen molar-refractivity contribution in [3.63, 3.8) is 0 Å². The van der Waals surface area contributed by atoms with Crippen molar-refractivity contribution in [2.24, 2.45) is 5.10 Å². The predicted molar refractivity (Wildman–Crippen MR) is 78.4 cm³/mol. The van der Waals surface area contributed by atoms with Gasteiger partial charge in [-0.3, -0.25) is 4.79 Å². The molecular formula is C13H16Cl2N2O2. The van der Waals surface area contributed by atoms with Crippen LogP contribution in [0.25, 0.3) is 0 Å². The number of aryl methyl sites for hydroxylation is 2. The Hall–Kier alpha value is -1.26. The van der Waals surface area contributed by atoms with Crippen molar-refractivity contribution in [3.05, 3.63) is 29.3 Å². The molecular weight excluding hydrogens is 287 g/mol. The fourth-order valence-electron chi connectivity index (χ4n) is 1.43. The van der Waals surface area contributed by atoms with E-state index >= 15 is 0 Å². The van der Waals surface area contributed by atoms with Gasteiger partial charge in [-0.05, 0) is 37.1 Å². The summed E-state index contributed by atoms with van der Waals surface area (Å²) in [6.07, 6.45) is 0. The number of rotatable bonds is 6. The molecule has 1 amide bonds. The lowest BCUT2D eigenvalue weighted by atomic mass is 10.1. The van der Waals surface area contributed by atoms with Crippen molar-refractivity contribution >= 4 is 34.8 Å². The van der Waals surface area contributed by atoms with E-state index in [0.717, 1.165) is 11.1 Å². The third kappa shape index (κ3) is 5.94. The number of hydrazone groups is 1. The first-order valence-electron chi connectivity index (χ1n) is 5.72. The molecule has 0 fully saturated rings. The van der Waals surface area contributed by atoms with Crippen LogP contribution < -0.4 is 10.2 Å². The van der Waals surface area contributed by atoms with Crippen LogP contribution in [0.3, 0.4) is 0 Å². The smallest absolute Gasteiger partial charge is 0.277 e. The van der Waals surface area contributed by atoms with Crippen molar-refractivity contribution in [2.45, 2.75) is 13.8 Å². The van der Waals surface area contributed by atoms with E-state index in [9.17, 15) is 4.79 Å². The minimum atomic E-state index is -0.355. The molecule has 4 nitrogen and oxygen atoms in total. The molecule has 0 heterocycles. The Morgan fingerprint density at radius 2 is 1.79 bits per heavy atom. The number of halogens is 2. The summed E-state index contributed by atoms with van der Waals surface area (Å²) in [6, 6.07) is 5.77. The van der Waals surface area contributed by atoms with E-state index in [-0.39, 0.29) is 24.3 Å². The van der Waals surface area contributed by atoms with Gasteiger partial charge in [0, 0.05) is 0 Å². The summed E-state index contributed by atoms with van der Waals surface area (Å²) in [4.78, 5) is 11.5. The van der Waals surface area contributed by atoms with Crippen molar-refractivity contribution in [2.75, 3.05) is 18.4 Å². The second kappa shape index (κ2) is 8.02. The molecule has 1 rings (SSSR count). The minimum Gasteiger partial charge on any atom is -0.484 e. The fraction of sp³-hybridized carbons (Fsp3) is 0.385. The molecule has 1 aromatic rings. The van der Waals surface area contributed by atoms with Crippen molar-refractivity contribution in [3.8, 4) is 5.75 Å². The summed E-state index contributed by atoms with van der Waals surface area (Å²) in [5.41, 5.74) is 5.01. The van der Waals surface area contributed by atoms with Gasteiger partial charge in [0.1, 0.15) is 5.75 Å². The molecule has 6 heteroatoms. The minimum absolute atomic E-state index is 0.107. The highest BCUT2D eigenvalue weighted by atomic mass is 35.5. The lowest BCUT2D eigenvalue weighted by Gasteiger charge is -2.07. The summed E-state index contributed by atoms with van der Waals surface area (Å²) < 4.78 is 5.38. The van der Waals surface area contributed by atoms with Gasteiger partial charge in [-0.2, -0.15) is 5.10 Å². The van der Waals surface area contributed by atoms with Gasteiger partial charge in [0.25, 0.3) is 5.91 Å². The van der Waals surface area contributed by atoms with Gasteiger partial charge in [0.05, 0.1) is 17.5 Å². The second-order valence-electron chi connectivity index (χ2n) is 4.09. The van der Waals surface area contributed by atoms with E-state index < -0.39 is 0 Å². The molecule has 0 unspecified atom stereocenters. The summed E-state index contributed by atoms with van der Waals surface area (Å²) in [5, 5.41) is 3.78. The zero-order valence-electron chi connectivity index (χ0n) is 10.9. The van der Waals surface area contributed by atoms with E-state index in [0.29, 0.717) is 11.5 Å². The van der Waals surface area contributed by atoms with Crippen LogP contribution in [0.5, 0.6) is 5.75 Å². The molecule has 0 saturated carbocycles. The average Bonchev–Trinajstić information content (AvgIpc) is 2.36.